The Labute approximate surface area is 130 Å². The Morgan fingerprint density at radius 3 is 2.55 bits per heavy atom. The number of anilines is 2. The maximum absolute atomic E-state index is 4.60. The van der Waals surface area contributed by atoms with Crippen LogP contribution in [0.5, 0.6) is 0 Å². The van der Waals surface area contributed by atoms with E-state index in [1.165, 1.54) is 0 Å². The van der Waals surface area contributed by atoms with Crippen LogP contribution in [0.2, 0.25) is 0 Å². The van der Waals surface area contributed by atoms with Gasteiger partial charge >= 0.3 is 0 Å². The van der Waals surface area contributed by atoms with Gasteiger partial charge < -0.3 is 9.80 Å². The molecule has 2 aromatic heterocycles. The molecule has 0 aromatic carbocycles. The molecule has 3 heterocycles. The van der Waals surface area contributed by atoms with Crippen LogP contribution in [0.4, 0.5) is 11.8 Å². The molecule has 22 heavy (non-hydrogen) atoms. The molecule has 0 N–H and O–H groups in total. The monoisotopic (exact) mass is 299 g/mol. The van der Waals surface area contributed by atoms with E-state index in [2.05, 4.69) is 29.7 Å². The minimum atomic E-state index is 0.811. The first-order chi connectivity index (χ1) is 10.7. The third-order valence-electron chi connectivity index (χ3n) is 3.74. The molecule has 0 atom stereocenters. The fourth-order valence-corrected chi connectivity index (χ4v) is 2.49. The molecule has 0 amide bonds. The molecule has 1 aliphatic heterocycles. The molecule has 116 valence electrons. The molecule has 0 radical (unpaired) electrons. The minimum absolute atomic E-state index is 0.811. The third kappa shape index (κ3) is 3.48. The van der Waals surface area contributed by atoms with Gasteiger partial charge in [0.15, 0.2) is 0 Å². The summed E-state index contributed by atoms with van der Waals surface area (Å²) >= 11 is 0. The minimum Gasteiger partial charge on any atom is -0.363 e. The first kappa shape index (κ1) is 14.6. The largest absolute Gasteiger partial charge is 0.363 e. The van der Waals surface area contributed by atoms with Crippen LogP contribution in [0.25, 0.3) is 0 Å². The SMILES string of the molecule is CN(C)c1ccnc(N2CCN(Cc3cnccn3)CC2)n1. The lowest BCUT2D eigenvalue weighted by Gasteiger charge is -2.34. The van der Waals surface area contributed by atoms with Gasteiger partial charge in [0.2, 0.25) is 5.95 Å². The van der Waals surface area contributed by atoms with Gasteiger partial charge in [-0.15, -0.1) is 0 Å². The van der Waals surface area contributed by atoms with Crippen molar-refractivity contribution in [1.29, 1.82) is 0 Å². The topological polar surface area (TPSA) is 61.3 Å². The molecule has 0 bridgehead atoms. The van der Waals surface area contributed by atoms with Crippen LogP contribution >= 0.6 is 0 Å². The maximum atomic E-state index is 4.60. The second kappa shape index (κ2) is 6.65. The van der Waals surface area contributed by atoms with Gasteiger partial charge in [0.1, 0.15) is 5.82 Å². The van der Waals surface area contributed by atoms with Crippen molar-refractivity contribution >= 4 is 11.8 Å². The van der Waals surface area contributed by atoms with Gasteiger partial charge in [0, 0.05) is 71.6 Å². The lowest BCUT2D eigenvalue weighted by atomic mass is 10.3. The Bertz CT molecular complexity index is 594. The molecule has 3 rings (SSSR count). The molecule has 7 heteroatoms. The van der Waals surface area contributed by atoms with Crippen molar-refractivity contribution in [3.63, 3.8) is 0 Å². The summed E-state index contributed by atoms with van der Waals surface area (Å²) in [6.45, 7) is 4.66. The van der Waals surface area contributed by atoms with E-state index in [1.54, 1.807) is 12.4 Å². The summed E-state index contributed by atoms with van der Waals surface area (Å²) in [6, 6.07) is 1.92. The highest BCUT2D eigenvalue weighted by Gasteiger charge is 2.19. The molecule has 1 aliphatic rings. The van der Waals surface area contributed by atoms with Crippen molar-refractivity contribution in [1.82, 2.24) is 24.8 Å². The van der Waals surface area contributed by atoms with E-state index in [9.17, 15) is 0 Å². The Balaban J connectivity index is 1.58. The van der Waals surface area contributed by atoms with Crippen LogP contribution < -0.4 is 9.80 Å². The van der Waals surface area contributed by atoms with E-state index in [-0.39, 0.29) is 0 Å². The second-order valence-electron chi connectivity index (χ2n) is 5.57. The highest BCUT2D eigenvalue weighted by atomic mass is 15.3. The summed E-state index contributed by atoms with van der Waals surface area (Å²) in [5, 5.41) is 0. The number of hydrogen-bond acceptors (Lipinski definition) is 7. The van der Waals surface area contributed by atoms with E-state index in [0.29, 0.717) is 0 Å². The van der Waals surface area contributed by atoms with Crippen LogP contribution in [0.1, 0.15) is 5.69 Å². The first-order valence-electron chi connectivity index (χ1n) is 7.45. The first-order valence-corrected chi connectivity index (χ1v) is 7.45. The molecule has 0 unspecified atom stereocenters. The Kier molecular flexibility index (Phi) is 4.43. The molecule has 2 aromatic rings. The summed E-state index contributed by atoms with van der Waals surface area (Å²) in [4.78, 5) is 24.1. The van der Waals surface area contributed by atoms with Crippen molar-refractivity contribution in [2.45, 2.75) is 6.54 Å². The van der Waals surface area contributed by atoms with Crippen LogP contribution in [0, 0.1) is 0 Å². The van der Waals surface area contributed by atoms with Gasteiger partial charge in [-0.05, 0) is 6.07 Å². The smallest absolute Gasteiger partial charge is 0.227 e. The molecule has 0 aliphatic carbocycles. The van der Waals surface area contributed by atoms with E-state index in [0.717, 1.165) is 50.2 Å². The Morgan fingerprint density at radius 2 is 1.86 bits per heavy atom. The predicted octanol–water partition coefficient (Wildman–Crippen LogP) is 0.655. The molecular weight excluding hydrogens is 278 g/mol. The average molecular weight is 299 g/mol. The standard InChI is InChI=1S/C15H21N7/c1-20(2)14-3-4-18-15(19-14)22-9-7-21(8-10-22)12-13-11-16-5-6-17-13/h3-6,11H,7-10,12H2,1-2H3. The zero-order chi connectivity index (χ0) is 15.4. The number of nitrogens with zero attached hydrogens (tertiary/aromatic N) is 7. The van der Waals surface area contributed by atoms with E-state index >= 15 is 0 Å². The van der Waals surface area contributed by atoms with Gasteiger partial charge in [-0.3, -0.25) is 14.9 Å². The summed E-state index contributed by atoms with van der Waals surface area (Å²) < 4.78 is 0. The summed E-state index contributed by atoms with van der Waals surface area (Å²) in [5.41, 5.74) is 1.02. The van der Waals surface area contributed by atoms with Crippen LogP contribution in [0.3, 0.4) is 0 Å². The van der Waals surface area contributed by atoms with Crippen molar-refractivity contribution in [2.75, 3.05) is 50.1 Å². The zero-order valence-electron chi connectivity index (χ0n) is 13.1. The fourth-order valence-electron chi connectivity index (χ4n) is 2.49. The second-order valence-corrected chi connectivity index (χ2v) is 5.57. The number of piperazine rings is 1. The van der Waals surface area contributed by atoms with Gasteiger partial charge in [-0.2, -0.15) is 4.98 Å². The highest BCUT2D eigenvalue weighted by Crippen LogP contribution is 2.15. The van der Waals surface area contributed by atoms with Crippen LogP contribution in [0.15, 0.2) is 30.9 Å². The van der Waals surface area contributed by atoms with Gasteiger partial charge in [-0.25, -0.2) is 4.98 Å². The molecule has 1 fully saturated rings. The molecule has 0 saturated carbocycles. The van der Waals surface area contributed by atoms with Crippen LogP contribution in [-0.2, 0) is 6.54 Å². The Hall–Kier alpha value is -2.28. The lowest BCUT2D eigenvalue weighted by molar-refractivity contribution is 0.245. The lowest BCUT2D eigenvalue weighted by Crippen LogP contribution is -2.46. The highest BCUT2D eigenvalue weighted by molar-refractivity contribution is 5.42. The molecule has 0 spiro atoms. The summed E-state index contributed by atoms with van der Waals surface area (Å²) in [6.07, 6.45) is 7.10. The fraction of sp³-hybridized carbons (Fsp3) is 0.467. The van der Waals surface area contributed by atoms with Crippen molar-refractivity contribution in [3.8, 4) is 0 Å². The van der Waals surface area contributed by atoms with Gasteiger partial charge in [-0.1, -0.05) is 0 Å². The van der Waals surface area contributed by atoms with Crippen molar-refractivity contribution in [3.05, 3.63) is 36.5 Å². The van der Waals surface area contributed by atoms with Crippen molar-refractivity contribution < 1.29 is 0 Å². The van der Waals surface area contributed by atoms with Crippen LogP contribution in [-0.4, -0.2) is 65.1 Å². The third-order valence-corrected chi connectivity index (χ3v) is 3.74. The number of rotatable bonds is 4. The molecular formula is C15H21N7. The normalized spacial score (nSPS) is 15.8. The van der Waals surface area contributed by atoms with Crippen molar-refractivity contribution in [2.24, 2.45) is 0 Å². The quantitative estimate of drug-likeness (QED) is 0.821. The Morgan fingerprint density at radius 1 is 1.05 bits per heavy atom. The average Bonchev–Trinajstić information content (AvgIpc) is 2.56. The number of hydrogen-bond donors (Lipinski definition) is 0. The zero-order valence-corrected chi connectivity index (χ0v) is 13.1. The van der Waals surface area contributed by atoms with Gasteiger partial charge in [0.05, 0.1) is 5.69 Å². The summed E-state index contributed by atoms with van der Waals surface area (Å²) in [5.74, 6) is 1.75. The van der Waals surface area contributed by atoms with E-state index in [4.69, 9.17) is 0 Å². The molecule has 1 saturated heterocycles. The number of aromatic nitrogens is 4. The van der Waals surface area contributed by atoms with E-state index in [1.807, 2.05) is 37.5 Å². The predicted molar refractivity (Wildman–Crippen MR) is 85.9 cm³/mol. The summed E-state index contributed by atoms with van der Waals surface area (Å²) in [7, 11) is 3.98. The molecule has 7 nitrogen and oxygen atoms in total. The van der Waals surface area contributed by atoms with Gasteiger partial charge in [0.25, 0.3) is 0 Å². The maximum Gasteiger partial charge on any atom is 0.227 e. The van der Waals surface area contributed by atoms with E-state index < -0.39 is 0 Å².